The van der Waals surface area contributed by atoms with Gasteiger partial charge in [-0.3, -0.25) is 14.9 Å². The van der Waals surface area contributed by atoms with Crippen LogP contribution in [0.1, 0.15) is 42.6 Å². The van der Waals surface area contributed by atoms with Crippen molar-refractivity contribution in [2.75, 3.05) is 5.32 Å². The first-order valence-electron chi connectivity index (χ1n) is 8.14. The van der Waals surface area contributed by atoms with Crippen molar-refractivity contribution >= 4 is 23.3 Å². The van der Waals surface area contributed by atoms with Gasteiger partial charge >= 0.3 is 5.97 Å². The summed E-state index contributed by atoms with van der Waals surface area (Å²) >= 11 is 0. The minimum absolute atomic E-state index is 0.0766. The van der Waals surface area contributed by atoms with Crippen LogP contribution in [0.5, 0.6) is 0 Å². The second-order valence-electron chi connectivity index (χ2n) is 6.12. The summed E-state index contributed by atoms with van der Waals surface area (Å²) in [6.45, 7) is 5.57. The fourth-order valence-corrected chi connectivity index (χ4v) is 2.20. The third-order valence-corrected chi connectivity index (χ3v) is 3.81. The molecule has 0 radical (unpaired) electrons. The van der Waals surface area contributed by atoms with Crippen LogP contribution in [0.2, 0.25) is 0 Å². The number of carbonyl (C=O) groups is 2. The Hall–Kier alpha value is -3.22. The highest BCUT2D eigenvalue weighted by atomic mass is 16.6. The molecule has 1 unspecified atom stereocenters. The topological polar surface area (TPSA) is 98.5 Å². The van der Waals surface area contributed by atoms with Crippen LogP contribution in [-0.4, -0.2) is 22.9 Å². The number of benzene rings is 2. The van der Waals surface area contributed by atoms with Crippen molar-refractivity contribution in [2.45, 2.75) is 32.8 Å². The van der Waals surface area contributed by atoms with Crippen molar-refractivity contribution in [3.63, 3.8) is 0 Å². The summed E-state index contributed by atoms with van der Waals surface area (Å²) in [6, 6.07) is 12.4. The van der Waals surface area contributed by atoms with Crippen LogP contribution in [-0.2, 0) is 9.53 Å². The van der Waals surface area contributed by atoms with Crippen LogP contribution < -0.4 is 5.32 Å². The number of nitro benzene ring substituents is 1. The number of nitro groups is 1. The van der Waals surface area contributed by atoms with Gasteiger partial charge in [-0.1, -0.05) is 26.0 Å². The maximum Gasteiger partial charge on any atom is 0.338 e. The van der Waals surface area contributed by atoms with Crippen molar-refractivity contribution in [3.05, 3.63) is 69.8 Å². The Morgan fingerprint density at radius 3 is 2.08 bits per heavy atom. The van der Waals surface area contributed by atoms with E-state index in [1.807, 2.05) is 12.1 Å². The van der Waals surface area contributed by atoms with Crippen LogP contribution in [0, 0.1) is 10.1 Å². The molecular formula is C19H20N2O5. The van der Waals surface area contributed by atoms with Crippen molar-refractivity contribution < 1.29 is 19.2 Å². The number of nitrogens with zero attached hydrogens (tertiary/aromatic N) is 1. The average Bonchev–Trinajstić information content (AvgIpc) is 2.62. The van der Waals surface area contributed by atoms with Crippen LogP contribution in [0.3, 0.4) is 0 Å². The van der Waals surface area contributed by atoms with E-state index in [9.17, 15) is 19.7 Å². The molecule has 136 valence electrons. The number of esters is 1. The van der Waals surface area contributed by atoms with E-state index in [1.54, 1.807) is 12.1 Å². The van der Waals surface area contributed by atoms with Gasteiger partial charge in [0, 0.05) is 17.8 Å². The Morgan fingerprint density at radius 1 is 1.00 bits per heavy atom. The summed E-state index contributed by atoms with van der Waals surface area (Å²) in [6.07, 6.45) is -1.01. The molecule has 1 amide bonds. The average molecular weight is 356 g/mol. The summed E-state index contributed by atoms with van der Waals surface area (Å²) in [4.78, 5) is 34.3. The first-order valence-corrected chi connectivity index (χ1v) is 8.14. The SMILES string of the molecule is CC(OC(=O)c1ccc(C(C)C)cc1)C(=O)Nc1ccc([N+](=O)[O-])cc1. The lowest BCUT2D eigenvalue weighted by molar-refractivity contribution is -0.384. The molecular weight excluding hydrogens is 336 g/mol. The lowest BCUT2D eigenvalue weighted by Crippen LogP contribution is -2.30. The molecule has 2 rings (SSSR count). The summed E-state index contributed by atoms with van der Waals surface area (Å²) in [7, 11) is 0. The molecule has 0 aliphatic carbocycles. The fraction of sp³-hybridized carbons (Fsp3) is 0.263. The number of ether oxygens (including phenoxy) is 1. The molecule has 0 saturated carbocycles. The summed E-state index contributed by atoms with van der Waals surface area (Å²) in [5.74, 6) is -0.760. The number of hydrogen-bond acceptors (Lipinski definition) is 5. The third-order valence-electron chi connectivity index (χ3n) is 3.81. The van der Waals surface area contributed by atoms with Gasteiger partial charge in [0.25, 0.3) is 11.6 Å². The molecule has 0 fully saturated rings. The normalized spacial score (nSPS) is 11.7. The Labute approximate surface area is 151 Å². The zero-order chi connectivity index (χ0) is 19.3. The largest absolute Gasteiger partial charge is 0.449 e. The standard InChI is InChI=1S/C19H20N2O5/c1-12(2)14-4-6-15(7-5-14)19(23)26-13(3)18(22)20-16-8-10-17(11-9-16)21(24)25/h4-13H,1-3H3,(H,20,22). The molecule has 1 atom stereocenters. The minimum Gasteiger partial charge on any atom is -0.449 e. The van der Waals surface area contributed by atoms with E-state index in [-0.39, 0.29) is 5.69 Å². The van der Waals surface area contributed by atoms with Gasteiger partial charge in [0.1, 0.15) is 0 Å². The Bertz CT molecular complexity index is 798. The molecule has 0 aromatic heterocycles. The van der Waals surface area contributed by atoms with Gasteiger partial charge in [0.15, 0.2) is 6.10 Å². The number of non-ortho nitro benzene ring substituents is 1. The Morgan fingerprint density at radius 2 is 1.58 bits per heavy atom. The number of anilines is 1. The molecule has 0 spiro atoms. The number of hydrogen-bond donors (Lipinski definition) is 1. The van der Waals surface area contributed by atoms with E-state index in [0.717, 1.165) is 5.56 Å². The first-order chi connectivity index (χ1) is 12.3. The second-order valence-corrected chi connectivity index (χ2v) is 6.12. The Balaban J connectivity index is 1.95. The summed E-state index contributed by atoms with van der Waals surface area (Å²) in [5.41, 5.74) is 1.77. The molecule has 2 aromatic carbocycles. The maximum atomic E-state index is 12.1. The predicted molar refractivity (Wildman–Crippen MR) is 97.1 cm³/mol. The van der Waals surface area contributed by atoms with Crippen molar-refractivity contribution in [2.24, 2.45) is 0 Å². The number of carbonyl (C=O) groups excluding carboxylic acids is 2. The number of nitrogens with one attached hydrogen (secondary N) is 1. The molecule has 0 heterocycles. The quantitative estimate of drug-likeness (QED) is 0.481. The second kappa shape index (κ2) is 8.24. The minimum atomic E-state index is -1.01. The highest BCUT2D eigenvalue weighted by Crippen LogP contribution is 2.17. The predicted octanol–water partition coefficient (Wildman–Crippen LogP) is 3.90. The van der Waals surface area contributed by atoms with Gasteiger partial charge in [-0.15, -0.1) is 0 Å². The Kier molecular flexibility index (Phi) is 6.06. The fourth-order valence-electron chi connectivity index (χ4n) is 2.20. The first kappa shape index (κ1) is 19.1. The van der Waals surface area contributed by atoms with Crippen molar-refractivity contribution in [1.82, 2.24) is 0 Å². The van der Waals surface area contributed by atoms with Gasteiger partial charge in [0.2, 0.25) is 0 Å². The summed E-state index contributed by atoms with van der Waals surface area (Å²) < 4.78 is 5.17. The molecule has 0 aliphatic heterocycles. The molecule has 2 aromatic rings. The molecule has 26 heavy (non-hydrogen) atoms. The molecule has 0 aliphatic rings. The van der Waals surface area contributed by atoms with E-state index in [0.29, 0.717) is 17.2 Å². The van der Waals surface area contributed by atoms with Crippen molar-refractivity contribution in [1.29, 1.82) is 0 Å². The van der Waals surface area contributed by atoms with Gasteiger partial charge in [-0.25, -0.2) is 4.79 Å². The van der Waals surface area contributed by atoms with Gasteiger partial charge < -0.3 is 10.1 Å². The lowest BCUT2D eigenvalue weighted by atomic mass is 10.0. The van der Waals surface area contributed by atoms with Crippen LogP contribution in [0.15, 0.2) is 48.5 Å². The zero-order valence-electron chi connectivity index (χ0n) is 14.8. The molecule has 7 heteroatoms. The molecule has 1 N–H and O–H groups in total. The van der Waals surface area contributed by atoms with Gasteiger partial charge in [0.05, 0.1) is 10.5 Å². The smallest absolute Gasteiger partial charge is 0.338 e. The van der Waals surface area contributed by atoms with E-state index in [1.165, 1.54) is 31.2 Å². The van der Waals surface area contributed by atoms with E-state index in [4.69, 9.17) is 4.74 Å². The zero-order valence-corrected chi connectivity index (χ0v) is 14.8. The van der Waals surface area contributed by atoms with E-state index in [2.05, 4.69) is 19.2 Å². The number of amides is 1. The molecule has 0 saturated heterocycles. The van der Waals surface area contributed by atoms with Crippen LogP contribution >= 0.6 is 0 Å². The monoisotopic (exact) mass is 356 g/mol. The summed E-state index contributed by atoms with van der Waals surface area (Å²) in [5, 5.41) is 13.2. The van der Waals surface area contributed by atoms with Gasteiger partial charge in [-0.05, 0) is 42.7 Å². The number of rotatable bonds is 6. The molecule has 0 bridgehead atoms. The van der Waals surface area contributed by atoms with Crippen molar-refractivity contribution in [3.8, 4) is 0 Å². The van der Waals surface area contributed by atoms with Crippen LogP contribution in [0.4, 0.5) is 11.4 Å². The highest BCUT2D eigenvalue weighted by Gasteiger charge is 2.19. The third kappa shape index (κ3) is 4.89. The van der Waals surface area contributed by atoms with E-state index < -0.39 is 22.9 Å². The van der Waals surface area contributed by atoms with E-state index >= 15 is 0 Å². The highest BCUT2D eigenvalue weighted by molar-refractivity contribution is 5.97. The molecule has 7 nitrogen and oxygen atoms in total. The maximum absolute atomic E-state index is 12.1. The lowest BCUT2D eigenvalue weighted by Gasteiger charge is -2.14. The van der Waals surface area contributed by atoms with Crippen LogP contribution in [0.25, 0.3) is 0 Å². The van der Waals surface area contributed by atoms with Gasteiger partial charge in [-0.2, -0.15) is 0 Å².